The van der Waals surface area contributed by atoms with Crippen molar-refractivity contribution >= 4 is 34.5 Å². The zero-order chi connectivity index (χ0) is 21.5. The Labute approximate surface area is 173 Å². The van der Waals surface area contributed by atoms with E-state index in [2.05, 4.69) is 0 Å². The number of carbonyl (C=O) groups excluding carboxylic acids is 4. The number of hydrogen-bond acceptors (Lipinski definition) is 5. The number of fused-ring (bicyclic) bond motifs is 5. The van der Waals surface area contributed by atoms with E-state index in [0.29, 0.717) is 28.7 Å². The molecule has 1 aliphatic heterocycles. The molecule has 3 aromatic rings. The molecular formula is C24H21NO5. The zero-order valence-electron chi connectivity index (χ0n) is 17.3. The molecule has 1 aromatic carbocycles. The Morgan fingerprint density at radius 3 is 2.27 bits per heavy atom. The Kier molecular flexibility index (Phi) is 3.81. The molecule has 152 valence electrons. The first-order valence-electron chi connectivity index (χ1n) is 10.0. The van der Waals surface area contributed by atoms with Crippen molar-refractivity contribution in [1.29, 1.82) is 0 Å². The molecule has 1 saturated carbocycles. The fourth-order valence-corrected chi connectivity index (χ4v) is 5.24. The van der Waals surface area contributed by atoms with Gasteiger partial charge in [-0.05, 0) is 49.9 Å². The largest absolute Gasteiger partial charge is 0.455 e. The van der Waals surface area contributed by atoms with Gasteiger partial charge in [0.05, 0.1) is 11.1 Å². The lowest BCUT2D eigenvalue weighted by Crippen LogP contribution is -2.24. The highest BCUT2D eigenvalue weighted by Crippen LogP contribution is 2.42. The van der Waals surface area contributed by atoms with E-state index in [1.54, 1.807) is 6.07 Å². The molecule has 5 rings (SSSR count). The van der Waals surface area contributed by atoms with Crippen molar-refractivity contribution in [2.24, 2.45) is 5.92 Å². The van der Waals surface area contributed by atoms with Crippen molar-refractivity contribution < 1.29 is 23.6 Å². The molecule has 2 amide bonds. The van der Waals surface area contributed by atoms with Crippen molar-refractivity contribution in [1.82, 2.24) is 4.90 Å². The van der Waals surface area contributed by atoms with Gasteiger partial charge in [0.1, 0.15) is 22.9 Å². The lowest BCUT2D eigenvalue weighted by atomic mass is 9.85. The minimum atomic E-state index is -0.732. The van der Waals surface area contributed by atoms with E-state index in [4.69, 9.17) is 4.42 Å². The molecule has 0 saturated heterocycles. The molecule has 3 heterocycles. The minimum Gasteiger partial charge on any atom is -0.455 e. The second-order valence-corrected chi connectivity index (χ2v) is 8.60. The Balaban J connectivity index is 1.48. The van der Waals surface area contributed by atoms with Crippen molar-refractivity contribution in [3.8, 4) is 0 Å². The summed E-state index contributed by atoms with van der Waals surface area (Å²) in [5.41, 5.74) is 5.88. The summed E-state index contributed by atoms with van der Waals surface area (Å²) in [5.74, 6) is -2.09. The number of imide groups is 1. The highest BCUT2D eigenvalue weighted by Gasteiger charge is 2.45. The maximum atomic E-state index is 13.2. The van der Waals surface area contributed by atoms with Crippen LogP contribution in [-0.2, 0) is 16.0 Å². The van der Waals surface area contributed by atoms with Gasteiger partial charge < -0.3 is 4.42 Å². The summed E-state index contributed by atoms with van der Waals surface area (Å²) >= 11 is 0. The average Bonchev–Trinajstić information content (AvgIpc) is 3.37. The van der Waals surface area contributed by atoms with Crippen molar-refractivity contribution in [2.75, 3.05) is 7.05 Å². The van der Waals surface area contributed by atoms with Gasteiger partial charge in [0.2, 0.25) is 0 Å². The van der Waals surface area contributed by atoms with Gasteiger partial charge in [-0.25, -0.2) is 0 Å². The Morgan fingerprint density at radius 2 is 1.60 bits per heavy atom. The number of ketones is 2. The fraction of sp³-hybridized carbons (Fsp3) is 0.333. The highest BCUT2D eigenvalue weighted by atomic mass is 16.3. The fourth-order valence-electron chi connectivity index (χ4n) is 5.24. The predicted octanol–water partition coefficient (Wildman–Crippen LogP) is 3.51. The summed E-state index contributed by atoms with van der Waals surface area (Å²) in [6.45, 7) is 5.88. The first-order valence-corrected chi connectivity index (χ1v) is 10.0. The van der Waals surface area contributed by atoms with Crippen molar-refractivity contribution in [2.45, 2.75) is 39.5 Å². The SMILES string of the molecule is Cc1cc(C)c(C2C(=O)CC(Cc3cc4oc3c3c4C(=O)N(C)C3=O)C2=O)c(C)c1. The molecule has 2 atom stereocenters. The molecule has 1 aliphatic carbocycles. The molecule has 2 unspecified atom stereocenters. The first-order chi connectivity index (χ1) is 14.2. The van der Waals surface area contributed by atoms with Crippen LogP contribution in [0.15, 0.2) is 22.6 Å². The first kappa shape index (κ1) is 18.7. The van der Waals surface area contributed by atoms with Gasteiger partial charge in [0.15, 0.2) is 5.78 Å². The van der Waals surface area contributed by atoms with E-state index in [9.17, 15) is 19.2 Å². The molecule has 30 heavy (non-hydrogen) atoms. The highest BCUT2D eigenvalue weighted by molar-refractivity contribution is 6.28. The monoisotopic (exact) mass is 403 g/mol. The summed E-state index contributed by atoms with van der Waals surface area (Å²) in [5, 5.41) is 0. The number of amides is 2. The number of furan rings is 2. The van der Waals surface area contributed by atoms with E-state index in [1.807, 2.05) is 32.9 Å². The van der Waals surface area contributed by atoms with E-state index in [-0.39, 0.29) is 35.4 Å². The van der Waals surface area contributed by atoms with Crippen LogP contribution in [0.4, 0.5) is 0 Å². The van der Waals surface area contributed by atoms with Crippen LogP contribution in [0.25, 0.3) is 11.2 Å². The number of carbonyl (C=O) groups is 4. The van der Waals surface area contributed by atoms with Crippen LogP contribution in [-0.4, -0.2) is 35.3 Å². The summed E-state index contributed by atoms with van der Waals surface area (Å²) < 4.78 is 5.68. The number of rotatable bonds is 3. The smallest absolute Gasteiger partial charge is 0.265 e. The van der Waals surface area contributed by atoms with Gasteiger partial charge in [-0.1, -0.05) is 17.7 Å². The molecule has 6 nitrogen and oxygen atoms in total. The average molecular weight is 403 g/mol. The van der Waals surface area contributed by atoms with Gasteiger partial charge in [-0.2, -0.15) is 0 Å². The molecule has 0 N–H and O–H groups in total. The maximum Gasteiger partial charge on any atom is 0.265 e. The number of aryl methyl sites for hydroxylation is 3. The lowest BCUT2D eigenvalue weighted by Gasteiger charge is -2.16. The number of hydrogen-bond donors (Lipinski definition) is 0. The molecule has 0 spiro atoms. The zero-order valence-corrected chi connectivity index (χ0v) is 17.3. The van der Waals surface area contributed by atoms with E-state index < -0.39 is 11.8 Å². The van der Waals surface area contributed by atoms with Crippen LogP contribution in [0.5, 0.6) is 0 Å². The van der Waals surface area contributed by atoms with Crippen LogP contribution in [0.1, 0.15) is 60.9 Å². The Hall–Kier alpha value is -3.28. The molecule has 0 radical (unpaired) electrons. The van der Waals surface area contributed by atoms with Gasteiger partial charge in [0.25, 0.3) is 11.8 Å². The number of benzene rings is 2. The summed E-state index contributed by atoms with van der Waals surface area (Å²) in [4.78, 5) is 51.8. The van der Waals surface area contributed by atoms with Gasteiger partial charge >= 0.3 is 0 Å². The molecule has 2 bridgehead atoms. The van der Waals surface area contributed by atoms with Crippen LogP contribution >= 0.6 is 0 Å². The van der Waals surface area contributed by atoms with Crippen LogP contribution in [0.2, 0.25) is 0 Å². The third-order valence-corrected chi connectivity index (χ3v) is 6.52. The normalized spacial score (nSPS) is 21.5. The topological polar surface area (TPSA) is 84.7 Å². The van der Waals surface area contributed by atoms with Gasteiger partial charge in [0, 0.05) is 24.9 Å². The number of nitrogens with zero attached hydrogens (tertiary/aromatic N) is 1. The number of Topliss-reactive ketones (excluding diaryl/α,β-unsaturated/α-hetero) is 2. The van der Waals surface area contributed by atoms with Gasteiger partial charge in [-0.3, -0.25) is 24.1 Å². The third kappa shape index (κ3) is 2.36. The molecule has 2 aromatic heterocycles. The molecule has 1 fully saturated rings. The minimum absolute atomic E-state index is 0.0610. The molecule has 2 aliphatic rings. The van der Waals surface area contributed by atoms with Crippen LogP contribution in [0.3, 0.4) is 0 Å². The van der Waals surface area contributed by atoms with Gasteiger partial charge in [-0.15, -0.1) is 0 Å². The predicted molar refractivity (Wildman–Crippen MR) is 109 cm³/mol. The third-order valence-electron chi connectivity index (χ3n) is 6.52. The van der Waals surface area contributed by atoms with Crippen molar-refractivity contribution in [3.05, 3.63) is 57.1 Å². The maximum absolute atomic E-state index is 13.2. The summed E-state index contributed by atoms with van der Waals surface area (Å²) in [6.07, 6.45) is 0.501. The van der Waals surface area contributed by atoms with Crippen molar-refractivity contribution in [3.63, 3.8) is 0 Å². The van der Waals surface area contributed by atoms with E-state index >= 15 is 0 Å². The quantitative estimate of drug-likeness (QED) is 0.494. The Bertz CT molecular complexity index is 1260. The van der Waals surface area contributed by atoms with E-state index in [1.165, 1.54) is 7.05 Å². The van der Waals surface area contributed by atoms with E-state index in [0.717, 1.165) is 27.2 Å². The second kappa shape index (κ2) is 6.11. The lowest BCUT2D eigenvalue weighted by molar-refractivity contribution is -0.124. The summed E-state index contributed by atoms with van der Waals surface area (Å²) in [6, 6.07) is 5.73. The van der Waals surface area contributed by atoms with Crippen LogP contribution in [0, 0.1) is 26.7 Å². The second-order valence-electron chi connectivity index (χ2n) is 8.60. The standard InChI is InChI=1S/C24H21NO5/c1-10-5-11(2)17(12(3)6-10)18-15(26)8-13(21(18)27)7-14-9-16-19-20(22(14)30-16)24(29)25(4)23(19)28/h5-6,9,13,18H,7-8H2,1-4H3. The molecular weight excluding hydrogens is 382 g/mol. The molecule has 6 heteroatoms. The summed E-state index contributed by atoms with van der Waals surface area (Å²) in [7, 11) is 1.44. The Morgan fingerprint density at radius 1 is 0.967 bits per heavy atom. The van der Waals surface area contributed by atoms with Crippen LogP contribution < -0.4 is 0 Å².